The van der Waals surface area contributed by atoms with Gasteiger partial charge in [-0.2, -0.15) is 0 Å². The Morgan fingerprint density at radius 2 is 2.05 bits per heavy atom. The first kappa shape index (κ1) is 14.4. The summed E-state index contributed by atoms with van der Waals surface area (Å²) in [5.74, 6) is 1.57. The smallest absolute Gasteiger partial charge is 0.119 e. The van der Waals surface area contributed by atoms with Crippen molar-refractivity contribution in [1.29, 1.82) is 0 Å². The number of methoxy groups -OCH3 is 1. The lowest BCUT2D eigenvalue weighted by Crippen LogP contribution is -2.25. The van der Waals surface area contributed by atoms with Crippen molar-refractivity contribution in [3.8, 4) is 5.75 Å². The average molecular weight is 285 g/mol. The van der Waals surface area contributed by atoms with Gasteiger partial charge in [0.05, 0.1) is 13.7 Å². The number of hydrogen-bond acceptors (Lipinski definition) is 3. The second kappa shape index (κ2) is 6.46. The first-order valence-electron chi connectivity index (χ1n) is 7.65. The fourth-order valence-electron chi connectivity index (χ4n) is 2.84. The Morgan fingerprint density at radius 1 is 1.24 bits per heavy atom. The number of nitrogens with one attached hydrogen (secondary N) is 1. The van der Waals surface area contributed by atoms with Crippen molar-refractivity contribution in [2.75, 3.05) is 26.9 Å². The van der Waals surface area contributed by atoms with E-state index < -0.39 is 0 Å². The average Bonchev–Trinajstić information content (AvgIpc) is 3.05. The molecule has 1 aliphatic heterocycles. The van der Waals surface area contributed by atoms with Crippen LogP contribution in [0.5, 0.6) is 5.75 Å². The predicted octanol–water partition coefficient (Wildman–Crippen LogP) is 3.54. The van der Waals surface area contributed by atoms with Crippen molar-refractivity contribution >= 4 is 10.8 Å². The molecule has 3 rings (SSSR count). The van der Waals surface area contributed by atoms with Gasteiger partial charge in [-0.3, -0.25) is 0 Å². The van der Waals surface area contributed by atoms with E-state index in [2.05, 4.69) is 42.6 Å². The molecule has 21 heavy (non-hydrogen) atoms. The monoisotopic (exact) mass is 285 g/mol. The topological polar surface area (TPSA) is 30.5 Å². The maximum atomic E-state index is 5.42. The van der Waals surface area contributed by atoms with E-state index in [1.807, 2.05) is 6.07 Å². The zero-order chi connectivity index (χ0) is 14.7. The molecule has 1 aliphatic rings. The highest BCUT2D eigenvalue weighted by atomic mass is 16.5. The van der Waals surface area contributed by atoms with Crippen molar-refractivity contribution in [3.05, 3.63) is 42.0 Å². The van der Waals surface area contributed by atoms with Gasteiger partial charge >= 0.3 is 0 Å². The van der Waals surface area contributed by atoms with Crippen LogP contribution in [0.2, 0.25) is 0 Å². The third kappa shape index (κ3) is 3.36. The highest BCUT2D eigenvalue weighted by Gasteiger charge is 2.16. The van der Waals surface area contributed by atoms with Crippen molar-refractivity contribution in [2.24, 2.45) is 5.92 Å². The standard InChI is InChI=1S/C18H23NO2/c1-13(19-11-14-7-8-21-12-14)15-3-4-17-10-18(20-2)6-5-16(17)9-15/h3-6,9-10,13-14,19H,7-8,11-12H2,1-2H3. The fraction of sp³-hybridized carbons (Fsp3) is 0.444. The first-order chi connectivity index (χ1) is 10.3. The van der Waals surface area contributed by atoms with E-state index in [1.165, 1.54) is 22.8 Å². The van der Waals surface area contributed by atoms with Crippen LogP contribution in [0.25, 0.3) is 10.8 Å². The summed E-state index contributed by atoms with van der Waals surface area (Å²) in [6.45, 7) is 5.07. The summed E-state index contributed by atoms with van der Waals surface area (Å²) in [6.07, 6.45) is 1.18. The van der Waals surface area contributed by atoms with E-state index in [-0.39, 0.29) is 0 Å². The SMILES string of the molecule is COc1ccc2cc(C(C)NCC3CCOC3)ccc2c1. The molecule has 2 unspecified atom stereocenters. The van der Waals surface area contributed by atoms with Gasteiger partial charge in [-0.15, -0.1) is 0 Å². The van der Waals surface area contributed by atoms with E-state index in [4.69, 9.17) is 9.47 Å². The van der Waals surface area contributed by atoms with E-state index in [9.17, 15) is 0 Å². The molecular formula is C18H23NO2. The first-order valence-corrected chi connectivity index (χ1v) is 7.65. The highest BCUT2D eigenvalue weighted by molar-refractivity contribution is 5.84. The largest absolute Gasteiger partial charge is 0.497 e. The van der Waals surface area contributed by atoms with E-state index in [1.54, 1.807) is 7.11 Å². The molecule has 0 aromatic heterocycles. The van der Waals surface area contributed by atoms with Crippen LogP contribution in [0.4, 0.5) is 0 Å². The van der Waals surface area contributed by atoms with E-state index in [0.717, 1.165) is 25.5 Å². The summed E-state index contributed by atoms with van der Waals surface area (Å²) in [7, 11) is 1.70. The summed E-state index contributed by atoms with van der Waals surface area (Å²) >= 11 is 0. The molecule has 0 spiro atoms. The maximum Gasteiger partial charge on any atom is 0.119 e. The Morgan fingerprint density at radius 3 is 2.81 bits per heavy atom. The van der Waals surface area contributed by atoms with Gasteiger partial charge in [-0.05, 0) is 53.8 Å². The van der Waals surface area contributed by atoms with Gasteiger partial charge in [0.15, 0.2) is 0 Å². The molecular weight excluding hydrogens is 262 g/mol. The minimum atomic E-state index is 0.358. The van der Waals surface area contributed by atoms with E-state index >= 15 is 0 Å². The van der Waals surface area contributed by atoms with Gasteiger partial charge in [0.2, 0.25) is 0 Å². The predicted molar refractivity (Wildman–Crippen MR) is 85.8 cm³/mol. The lowest BCUT2D eigenvalue weighted by molar-refractivity contribution is 0.184. The molecule has 3 nitrogen and oxygen atoms in total. The molecule has 0 amide bonds. The quantitative estimate of drug-likeness (QED) is 0.911. The van der Waals surface area contributed by atoms with Gasteiger partial charge in [0.25, 0.3) is 0 Å². The zero-order valence-electron chi connectivity index (χ0n) is 12.8. The van der Waals surface area contributed by atoms with Gasteiger partial charge in [0, 0.05) is 19.2 Å². The van der Waals surface area contributed by atoms with Crippen LogP contribution in [0, 0.1) is 5.92 Å². The molecule has 0 bridgehead atoms. The molecule has 2 aromatic carbocycles. The second-order valence-corrected chi connectivity index (χ2v) is 5.83. The Hall–Kier alpha value is -1.58. The number of fused-ring (bicyclic) bond motifs is 1. The van der Waals surface area contributed by atoms with Gasteiger partial charge in [0.1, 0.15) is 5.75 Å². The lowest BCUT2D eigenvalue weighted by atomic mass is 10.0. The number of rotatable bonds is 5. The van der Waals surface area contributed by atoms with Gasteiger partial charge in [-0.1, -0.05) is 18.2 Å². The minimum Gasteiger partial charge on any atom is -0.497 e. The Kier molecular flexibility index (Phi) is 4.42. The van der Waals surface area contributed by atoms with Crippen LogP contribution in [-0.2, 0) is 4.74 Å². The molecule has 112 valence electrons. The van der Waals surface area contributed by atoms with E-state index in [0.29, 0.717) is 12.0 Å². The minimum absolute atomic E-state index is 0.358. The zero-order valence-corrected chi connectivity index (χ0v) is 12.8. The normalized spacial score (nSPS) is 19.8. The summed E-state index contributed by atoms with van der Waals surface area (Å²) in [4.78, 5) is 0. The van der Waals surface area contributed by atoms with Crippen LogP contribution >= 0.6 is 0 Å². The maximum absolute atomic E-state index is 5.42. The summed E-state index contributed by atoms with van der Waals surface area (Å²) in [5.41, 5.74) is 1.33. The van der Waals surface area contributed by atoms with Crippen LogP contribution in [0.3, 0.4) is 0 Å². The third-order valence-electron chi connectivity index (χ3n) is 4.31. The third-order valence-corrected chi connectivity index (χ3v) is 4.31. The lowest BCUT2D eigenvalue weighted by Gasteiger charge is -2.17. The highest BCUT2D eigenvalue weighted by Crippen LogP contribution is 2.24. The molecule has 1 fully saturated rings. The Labute approximate surface area is 126 Å². The molecule has 1 heterocycles. The van der Waals surface area contributed by atoms with Crippen LogP contribution in [-0.4, -0.2) is 26.9 Å². The number of benzene rings is 2. The van der Waals surface area contributed by atoms with Crippen LogP contribution < -0.4 is 10.1 Å². The van der Waals surface area contributed by atoms with Crippen LogP contribution in [0.15, 0.2) is 36.4 Å². The molecule has 0 saturated carbocycles. The molecule has 2 aromatic rings. The van der Waals surface area contributed by atoms with Crippen molar-refractivity contribution < 1.29 is 9.47 Å². The number of hydrogen-bond donors (Lipinski definition) is 1. The van der Waals surface area contributed by atoms with Gasteiger partial charge < -0.3 is 14.8 Å². The summed E-state index contributed by atoms with van der Waals surface area (Å²) in [5, 5.41) is 6.10. The number of ether oxygens (including phenoxy) is 2. The molecule has 0 aliphatic carbocycles. The second-order valence-electron chi connectivity index (χ2n) is 5.83. The van der Waals surface area contributed by atoms with Crippen LogP contribution in [0.1, 0.15) is 24.9 Å². The Balaban J connectivity index is 1.70. The summed E-state index contributed by atoms with van der Waals surface area (Å²) < 4.78 is 10.7. The Bertz CT molecular complexity index is 605. The molecule has 3 heteroatoms. The molecule has 0 radical (unpaired) electrons. The van der Waals surface area contributed by atoms with Gasteiger partial charge in [-0.25, -0.2) is 0 Å². The van der Waals surface area contributed by atoms with Crippen molar-refractivity contribution in [2.45, 2.75) is 19.4 Å². The summed E-state index contributed by atoms with van der Waals surface area (Å²) in [6, 6.07) is 13.2. The molecule has 1 N–H and O–H groups in total. The van der Waals surface area contributed by atoms with Crippen molar-refractivity contribution in [1.82, 2.24) is 5.32 Å². The molecule has 1 saturated heterocycles. The van der Waals surface area contributed by atoms with Crippen molar-refractivity contribution in [3.63, 3.8) is 0 Å². The molecule has 2 atom stereocenters. The fourth-order valence-corrected chi connectivity index (χ4v) is 2.84.